The Kier molecular flexibility index (Phi) is 7.29. The van der Waals surface area contributed by atoms with Gasteiger partial charge in [-0.15, -0.1) is 0 Å². The van der Waals surface area contributed by atoms with Crippen LogP contribution in [0.25, 0.3) is 0 Å². The first kappa shape index (κ1) is 27.3. The molecule has 3 fully saturated rings. The van der Waals surface area contributed by atoms with Gasteiger partial charge in [-0.1, -0.05) is 55.5 Å². The number of amides is 3. The minimum Gasteiger partial charge on any atom is -0.394 e. The largest absolute Gasteiger partial charge is 0.394 e. The molecule has 0 aliphatic carbocycles. The van der Waals surface area contributed by atoms with Gasteiger partial charge >= 0.3 is 0 Å². The molecule has 0 aromatic heterocycles. The van der Waals surface area contributed by atoms with Crippen molar-refractivity contribution in [2.24, 2.45) is 11.8 Å². The van der Waals surface area contributed by atoms with E-state index in [-0.39, 0.29) is 24.3 Å². The Labute approximate surface area is 230 Å². The molecule has 3 heterocycles. The fourth-order valence-corrected chi connectivity index (χ4v) is 7.16. The van der Waals surface area contributed by atoms with Gasteiger partial charge in [0.1, 0.15) is 11.6 Å². The summed E-state index contributed by atoms with van der Waals surface area (Å²) in [7, 11) is 0. The summed E-state index contributed by atoms with van der Waals surface area (Å²) in [5.74, 6) is -2.37. The molecule has 6 atom stereocenters. The van der Waals surface area contributed by atoms with E-state index >= 15 is 0 Å². The number of carbonyl (C=O) groups excluding carboxylic acids is 3. The lowest BCUT2D eigenvalue weighted by molar-refractivity contribution is -0.147. The molecule has 2 bridgehead atoms. The summed E-state index contributed by atoms with van der Waals surface area (Å²) >= 11 is 0. The number of benzene rings is 2. The number of hydrogen-bond donors (Lipinski definition) is 3. The molecule has 3 aliphatic rings. The van der Waals surface area contributed by atoms with Crippen LogP contribution >= 0.6 is 0 Å². The van der Waals surface area contributed by atoms with Gasteiger partial charge in [-0.25, -0.2) is 0 Å². The molecule has 8 nitrogen and oxygen atoms in total. The Morgan fingerprint density at radius 3 is 2.41 bits per heavy atom. The summed E-state index contributed by atoms with van der Waals surface area (Å²) in [5.41, 5.74) is 1.49. The molecule has 0 saturated carbocycles. The maximum Gasteiger partial charge on any atom is 0.250 e. The van der Waals surface area contributed by atoms with Crippen molar-refractivity contribution in [3.63, 3.8) is 0 Å². The highest BCUT2D eigenvalue weighted by Crippen LogP contribution is 2.63. The van der Waals surface area contributed by atoms with Crippen LogP contribution in [0.3, 0.4) is 0 Å². The van der Waals surface area contributed by atoms with E-state index < -0.39 is 35.1 Å². The van der Waals surface area contributed by atoms with Crippen molar-refractivity contribution in [3.05, 3.63) is 65.2 Å². The van der Waals surface area contributed by atoms with Crippen molar-refractivity contribution >= 4 is 23.4 Å². The van der Waals surface area contributed by atoms with Crippen LogP contribution in [0.15, 0.2) is 48.5 Å². The number of hydrogen-bond acceptors (Lipinski definition) is 5. The predicted octanol–water partition coefficient (Wildman–Crippen LogP) is 3.14. The lowest BCUT2D eigenvalue weighted by atomic mass is 9.66. The fraction of sp³-hybridized carbons (Fsp3) is 0.516. The molecule has 8 heteroatoms. The van der Waals surface area contributed by atoms with Crippen molar-refractivity contribution in [1.82, 2.24) is 10.2 Å². The van der Waals surface area contributed by atoms with Crippen LogP contribution in [-0.4, -0.2) is 64.2 Å². The topological polar surface area (TPSA) is 108 Å². The number of nitrogens with zero attached hydrogens (tertiary/aromatic N) is 1. The van der Waals surface area contributed by atoms with Crippen LogP contribution in [0.1, 0.15) is 49.8 Å². The van der Waals surface area contributed by atoms with E-state index in [9.17, 15) is 19.5 Å². The number of nitrogens with one attached hydrogen (secondary N) is 2. The van der Waals surface area contributed by atoms with Crippen LogP contribution in [0.2, 0.25) is 0 Å². The van der Waals surface area contributed by atoms with Gasteiger partial charge in [0, 0.05) is 12.2 Å². The van der Waals surface area contributed by atoms with E-state index in [1.807, 2.05) is 76.2 Å². The average molecular weight is 534 g/mol. The van der Waals surface area contributed by atoms with Crippen molar-refractivity contribution in [2.45, 2.75) is 76.7 Å². The van der Waals surface area contributed by atoms with Gasteiger partial charge in [0.15, 0.2) is 0 Å². The predicted molar refractivity (Wildman–Crippen MR) is 148 cm³/mol. The zero-order valence-electron chi connectivity index (χ0n) is 23.2. The zero-order valence-corrected chi connectivity index (χ0v) is 23.2. The van der Waals surface area contributed by atoms with E-state index in [1.165, 1.54) is 4.90 Å². The van der Waals surface area contributed by atoms with Gasteiger partial charge in [-0.2, -0.15) is 0 Å². The second-order valence-corrected chi connectivity index (χ2v) is 11.5. The molecule has 39 heavy (non-hydrogen) atoms. The molecule has 1 spiro atoms. The summed E-state index contributed by atoms with van der Waals surface area (Å²) in [6, 6.07) is 13.8. The average Bonchev–Trinajstić information content (AvgIpc) is 3.49. The number of carbonyl (C=O) groups is 3. The lowest BCUT2D eigenvalue weighted by Gasteiger charge is -2.37. The summed E-state index contributed by atoms with van der Waals surface area (Å²) in [6.07, 6.45) is 2.21. The van der Waals surface area contributed by atoms with E-state index in [1.54, 1.807) is 0 Å². The molecule has 3 amide bonds. The number of para-hydroxylation sites is 1. The lowest BCUT2D eigenvalue weighted by Crippen LogP contribution is -2.57. The molecular formula is C31H39N3O5. The van der Waals surface area contributed by atoms with Crippen LogP contribution in [0, 0.1) is 25.7 Å². The second kappa shape index (κ2) is 10.4. The number of fused-ring (bicyclic) bond motifs is 1. The van der Waals surface area contributed by atoms with Crippen molar-refractivity contribution in [2.75, 3.05) is 18.5 Å². The fourth-order valence-electron chi connectivity index (χ4n) is 7.16. The smallest absolute Gasteiger partial charge is 0.250 e. The molecule has 2 aromatic carbocycles. The van der Waals surface area contributed by atoms with Gasteiger partial charge in [0.2, 0.25) is 17.7 Å². The first-order chi connectivity index (χ1) is 18.7. The highest BCUT2D eigenvalue weighted by molar-refractivity contribution is 6.04. The Bertz CT molecular complexity index is 1250. The van der Waals surface area contributed by atoms with Gasteiger partial charge in [0.05, 0.1) is 30.1 Å². The Hall–Kier alpha value is -3.23. The third-order valence-corrected chi connectivity index (χ3v) is 8.94. The molecule has 2 unspecified atom stereocenters. The minimum absolute atomic E-state index is 0.210. The molecule has 3 saturated heterocycles. The minimum atomic E-state index is -1.15. The zero-order chi connectivity index (χ0) is 27.9. The van der Waals surface area contributed by atoms with Gasteiger partial charge in [-0.3, -0.25) is 14.4 Å². The molecule has 3 N–H and O–H groups in total. The maximum absolute atomic E-state index is 14.4. The van der Waals surface area contributed by atoms with E-state index in [0.29, 0.717) is 31.5 Å². The Morgan fingerprint density at radius 1 is 1.08 bits per heavy atom. The quantitative estimate of drug-likeness (QED) is 0.459. The van der Waals surface area contributed by atoms with E-state index in [0.717, 1.165) is 23.1 Å². The standard InChI is InChI=1S/C31H39N3O5/c1-5-16-32-27(36)23-24-29(38)34(22(18-35)17-21-12-7-6-8-13-21)26(31(24)15-14-30(23,4)39-31)28(37)33-25-19(2)10-9-11-20(25)3/h6-13,22-24,26,35H,5,14-18H2,1-4H3,(H,32,36)(H,33,37)/t22-,23+,24+,26?,30-,31?/m1/s1. The summed E-state index contributed by atoms with van der Waals surface area (Å²) in [6.45, 7) is 7.92. The summed E-state index contributed by atoms with van der Waals surface area (Å²) in [5, 5.41) is 16.6. The van der Waals surface area contributed by atoms with Crippen LogP contribution in [-0.2, 0) is 25.5 Å². The number of ether oxygens (including phenoxy) is 1. The SMILES string of the molecule is CCCNC(=O)[C@@H]1[C@H]2C(=O)N([C@@H](CO)Cc3ccccc3)C(C(=O)Nc3c(C)cccc3C)C23CC[C@@]1(C)O3. The highest BCUT2D eigenvalue weighted by Gasteiger charge is 2.78. The van der Waals surface area contributed by atoms with Gasteiger partial charge < -0.3 is 25.4 Å². The van der Waals surface area contributed by atoms with Crippen LogP contribution < -0.4 is 10.6 Å². The number of rotatable bonds is 9. The van der Waals surface area contributed by atoms with Crippen molar-refractivity contribution in [1.29, 1.82) is 0 Å². The van der Waals surface area contributed by atoms with Gasteiger partial charge in [-0.05, 0) is 63.1 Å². The Morgan fingerprint density at radius 2 is 1.77 bits per heavy atom. The number of aliphatic hydroxyl groups excluding tert-OH is 1. The number of likely N-dealkylation sites (tertiary alicyclic amines) is 1. The van der Waals surface area contributed by atoms with E-state index in [4.69, 9.17) is 4.74 Å². The molecule has 5 rings (SSSR count). The molecule has 0 radical (unpaired) electrons. The molecule has 208 valence electrons. The van der Waals surface area contributed by atoms with Crippen molar-refractivity contribution < 1.29 is 24.2 Å². The summed E-state index contributed by atoms with van der Waals surface area (Å²) in [4.78, 5) is 43.6. The second-order valence-electron chi connectivity index (χ2n) is 11.5. The van der Waals surface area contributed by atoms with Crippen LogP contribution in [0.5, 0.6) is 0 Å². The maximum atomic E-state index is 14.4. The Balaban J connectivity index is 1.58. The van der Waals surface area contributed by atoms with E-state index in [2.05, 4.69) is 10.6 Å². The highest BCUT2D eigenvalue weighted by atomic mass is 16.5. The number of aliphatic hydroxyl groups is 1. The van der Waals surface area contributed by atoms with Crippen molar-refractivity contribution in [3.8, 4) is 0 Å². The molecule has 3 aliphatic heterocycles. The number of anilines is 1. The molecule has 2 aromatic rings. The van der Waals surface area contributed by atoms with Crippen LogP contribution in [0.4, 0.5) is 5.69 Å². The molecular weight excluding hydrogens is 494 g/mol. The number of aryl methyl sites for hydroxylation is 2. The summed E-state index contributed by atoms with van der Waals surface area (Å²) < 4.78 is 6.70. The third kappa shape index (κ3) is 4.43. The normalized spacial score (nSPS) is 29.8. The first-order valence-electron chi connectivity index (χ1n) is 14.0. The monoisotopic (exact) mass is 533 g/mol. The first-order valence-corrected chi connectivity index (χ1v) is 14.0. The van der Waals surface area contributed by atoms with Gasteiger partial charge in [0.25, 0.3) is 0 Å². The third-order valence-electron chi connectivity index (χ3n) is 8.94.